The summed E-state index contributed by atoms with van der Waals surface area (Å²) in [5.74, 6) is 0. The maximum atomic E-state index is 3.81. The molecule has 0 radical (unpaired) electrons. The minimum absolute atomic E-state index is 0. The van der Waals surface area contributed by atoms with E-state index in [2.05, 4.69) is 72.9 Å². The van der Waals surface area contributed by atoms with Crippen molar-refractivity contribution in [2.24, 2.45) is 0 Å². The summed E-state index contributed by atoms with van der Waals surface area (Å²) >= 11 is 0. The SMILES string of the molecule is CCCCCCCCCCCCCCCCCCCCNC(c1ccccc1)c1ccccc1.Cl. The van der Waals surface area contributed by atoms with Crippen molar-refractivity contribution in [3.63, 3.8) is 0 Å². The fourth-order valence-electron chi connectivity index (χ4n) is 4.99. The number of rotatable bonds is 22. The predicted molar refractivity (Wildman–Crippen MR) is 159 cm³/mol. The van der Waals surface area contributed by atoms with Gasteiger partial charge in [-0.3, -0.25) is 0 Å². The average Bonchev–Trinajstić information content (AvgIpc) is 2.88. The van der Waals surface area contributed by atoms with Crippen LogP contribution in [0.2, 0.25) is 0 Å². The Morgan fingerprint density at radius 1 is 0.457 bits per heavy atom. The van der Waals surface area contributed by atoms with Gasteiger partial charge in [-0.1, -0.05) is 177 Å². The van der Waals surface area contributed by atoms with Crippen LogP contribution in [0.25, 0.3) is 0 Å². The first kappa shape index (κ1) is 31.7. The van der Waals surface area contributed by atoms with Gasteiger partial charge in [-0.05, 0) is 24.1 Å². The van der Waals surface area contributed by atoms with Crippen LogP contribution < -0.4 is 5.32 Å². The summed E-state index contributed by atoms with van der Waals surface area (Å²) in [6.45, 7) is 3.39. The molecule has 0 spiro atoms. The van der Waals surface area contributed by atoms with E-state index in [0.29, 0.717) is 6.04 Å². The molecular formula is C33H54ClN. The Morgan fingerprint density at radius 2 is 0.771 bits per heavy atom. The minimum atomic E-state index is 0. The van der Waals surface area contributed by atoms with Crippen LogP contribution in [0.5, 0.6) is 0 Å². The smallest absolute Gasteiger partial charge is 0.0576 e. The van der Waals surface area contributed by atoms with E-state index in [1.54, 1.807) is 0 Å². The molecule has 2 aromatic rings. The lowest BCUT2D eigenvalue weighted by molar-refractivity contribution is 0.516. The van der Waals surface area contributed by atoms with Gasteiger partial charge in [0, 0.05) is 0 Å². The quantitative estimate of drug-likeness (QED) is 0.159. The fraction of sp³-hybridized carbons (Fsp3) is 0.636. The molecule has 2 aromatic carbocycles. The second kappa shape index (κ2) is 23.1. The second-order valence-electron chi connectivity index (χ2n) is 10.2. The lowest BCUT2D eigenvalue weighted by Gasteiger charge is -2.20. The van der Waals surface area contributed by atoms with Gasteiger partial charge >= 0.3 is 0 Å². The van der Waals surface area contributed by atoms with Crippen molar-refractivity contribution in [1.29, 1.82) is 0 Å². The van der Waals surface area contributed by atoms with Gasteiger partial charge in [0.15, 0.2) is 0 Å². The summed E-state index contributed by atoms with van der Waals surface area (Å²) in [5.41, 5.74) is 2.72. The molecule has 0 fully saturated rings. The zero-order chi connectivity index (χ0) is 23.9. The summed E-state index contributed by atoms with van der Waals surface area (Å²) in [7, 11) is 0. The van der Waals surface area contributed by atoms with Gasteiger partial charge in [0.05, 0.1) is 6.04 Å². The normalized spacial score (nSPS) is 11.0. The number of halogens is 1. The molecule has 1 nitrogen and oxygen atoms in total. The first-order chi connectivity index (χ1) is 16.9. The summed E-state index contributed by atoms with van der Waals surface area (Å²) in [5, 5.41) is 3.81. The molecule has 0 aliphatic heterocycles. The van der Waals surface area contributed by atoms with Gasteiger partial charge < -0.3 is 5.32 Å². The van der Waals surface area contributed by atoms with E-state index in [4.69, 9.17) is 0 Å². The van der Waals surface area contributed by atoms with Gasteiger partial charge in [-0.25, -0.2) is 0 Å². The predicted octanol–water partition coefficient (Wildman–Crippen LogP) is 10.8. The molecule has 0 aliphatic carbocycles. The number of unbranched alkanes of at least 4 members (excludes halogenated alkanes) is 17. The third-order valence-electron chi connectivity index (χ3n) is 7.14. The molecule has 0 saturated carbocycles. The first-order valence-electron chi connectivity index (χ1n) is 14.7. The number of nitrogens with one attached hydrogen (secondary N) is 1. The summed E-state index contributed by atoms with van der Waals surface area (Å²) in [4.78, 5) is 0. The van der Waals surface area contributed by atoms with Gasteiger partial charge in [0.1, 0.15) is 0 Å². The molecule has 198 valence electrons. The molecule has 0 unspecified atom stereocenters. The molecule has 2 heteroatoms. The van der Waals surface area contributed by atoms with Crippen LogP contribution in [0.3, 0.4) is 0 Å². The molecule has 0 amide bonds. The highest BCUT2D eigenvalue weighted by Crippen LogP contribution is 2.22. The molecule has 0 aliphatic rings. The molecule has 0 saturated heterocycles. The highest BCUT2D eigenvalue weighted by atomic mass is 35.5. The van der Waals surface area contributed by atoms with Crippen LogP contribution in [0.1, 0.15) is 140 Å². The third kappa shape index (κ3) is 16.1. The van der Waals surface area contributed by atoms with Crippen LogP contribution in [0.4, 0.5) is 0 Å². The van der Waals surface area contributed by atoms with Crippen LogP contribution in [0, 0.1) is 0 Å². The monoisotopic (exact) mass is 499 g/mol. The van der Waals surface area contributed by atoms with E-state index in [-0.39, 0.29) is 12.4 Å². The van der Waals surface area contributed by atoms with Crippen molar-refractivity contribution < 1.29 is 0 Å². The Bertz CT molecular complexity index is 633. The highest BCUT2D eigenvalue weighted by Gasteiger charge is 2.12. The van der Waals surface area contributed by atoms with Gasteiger partial charge in [0.2, 0.25) is 0 Å². The Kier molecular flexibility index (Phi) is 20.9. The van der Waals surface area contributed by atoms with Crippen molar-refractivity contribution in [1.82, 2.24) is 5.32 Å². The largest absolute Gasteiger partial charge is 0.306 e. The van der Waals surface area contributed by atoms with Crippen molar-refractivity contribution in [3.05, 3.63) is 71.8 Å². The van der Waals surface area contributed by atoms with E-state index in [1.807, 2.05) is 0 Å². The molecule has 0 heterocycles. The lowest BCUT2D eigenvalue weighted by atomic mass is 9.98. The molecule has 0 atom stereocenters. The number of hydrogen-bond donors (Lipinski definition) is 1. The van der Waals surface area contributed by atoms with E-state index >= 15 is 0 Å². The Balaban J connectivity index is 0.00000612. The van der Waals surface area contributed by atoms with Gasteiger partial charge in [-0.2, -0.15) is 0 Å². The van der Waals surface area contributed by atoms with E-state index in [9.17, 15) is 0 Å². The Morgan fingerprint density at radius 3 is 1.11 bits per heavy atom. The molecule has 35 heavy (non-hydrogen) atoms. The lowest BCUT2D eigenvalue weighted by Crippen LogP contribution is -2.23. The van der Waals surface area contributed by atoms with Crippen molar-refractivity contribution in [3.8, 4) is 0 Å². The van der Waals surface area contributed by atoms with Gasteiger partial charge in [-0.15, -0.1) is 12.4 Å². The van der Waals surface area contributed by atoms with Crippen LogP contribution in [-0.4, -0.2) is 6.54 Å². The highest BCUT2D eigenvalue weighted by molar-refractivity contribution is 5.85. The Hall–Kier alpha value is -1.31. The maximum Gasteiger partial charge on any atom is 0.0576 e. The standard InChI is InChI=1S/C33H53N.ClH/c1-2-3-4-5-6-7-8-9-10-11-12-13-14-15-16-17-18-25-30-34-33(31-26-21-19-22-27-31)32-28-23-20-24-29-32;/h19-24,26-29,33-34H,2-18,25,30H2,1H3;1H. The maximum absolute atomic E-state index is 3.81. The van der Waals surface area contributed by atoms with Crippen molar-refractivity contribution >= 4 is 12.4 Å². The number of benzene rings is 2. The summed E-state index contributed by atoms with van der Waals surface area (Å²) in [6.07, 6.45) is 25.7. The van der Waals surface area contributed by atoms with E-state index < -0.39 is 0 Å². The van der Waals surface area contributed by atoms with E-state index in [0.717, 1.165) is 6.54 Å². The number of hydrogen-bond acceptors (Lipinski definition) is 1. The molecule has 0 bridgehead atoms. The summed E-state index contributed by atoms with van der Waals surface area (Å²) in [6, 6.07) is 22.0. The molecular weight excluding hydrogens is 446 g/mol. The fourth-order valence-corrected chi connectivity index (χ4v) is 4.99. The van der Waals surface area contributed by atoms with Crippen molar-refractivity contribution in [2.45, 2.75) is 129 Å². The average molecular weight is 500 g/mol. The van der Waals surface area contributed by atoms with Crippen LogP contribution in [0.15, 0.2) is 60.7 Å². The first-order valence-corrected chi connectivity index (χ1v) is 14.7. The van der Waals surface area contributed by atoms with Crippen LogP contribution in [-0.2, 0) is 0 Å². The summed E-state index contributed by atoms with van der Waals surface area (Å²) < 4.78 is 0. The molecule has 1 N–H and O–H groups in total. The van der Waals surface area contributed by atoms with E-state index in [1.165, 1.54) is 127 Å². The third-order valence-corrected chi connectivity index (χ3v) is 7.14. The molecule has 2 rings (SSSR count). The van der Waals surface area contributed by atoms with Gasteiger partial charge in [0.25, 0.3) is 0 Å². The van der Waals surface area contributed by atoms with Crippen LogP contribution >= 0.6 is 12.4 Å². The second-order valence-corrected chi connectivity index (χ2v) is 10.2. The Labute approximate surface area is 224 Å². The topological polar surface area (TPSA) is 12.0 Å². The minimum Gasteiger partial charge on any atom is -0.306 e. The molecule has 0 aromatic heterocycles. The van der Waals surface area contributed by atoms with Crippen molar-refractivity contribution in [2.75, 3.05) is 6.54 Å². The zero-order valence-electron chi connectivity index (χ0n) is 22.7. The zero-order valence-corrected chi connectivity index (χ0v) is 23.5.